The molecule has 2 N–H and O–H groups in total. The molecular weight excluding hydrogens is 635 g/mol. The number of hydrogen-bond acceptors (Lipinski definition) is 10. The third kappa shape index (κ3) is 7.14. The molecule has 2 amide bonds. The van der Waals surface area contributed by atoms with E-state index in [0.717, 1.165) is 18.5 Å². The largest absolute Gasteiger partial charge is 0.478 e. The lowest BCUT2D eigenvalue weighted by molar-refractivity contribution is -0.117. The van der Waals surface area contributed by atoms with Crippen molar-refractivity contribution in [2.24, 2.45) is 0 Å². The monoisotopic (exact) mass is 660 g/mol. The second-order valence-corrected chi connectivity index (χ2v) is 10.9. The standard InChI is InChI=1S/C30H26Cl2N10O4/c1-45-30(44)34-21-7-3-18(4-8-21)23-16-25(36-37-29(23)32)24(14-22-15-28-41(38-22)11-2-12-46-28)35-27(43)10-5-19-13-20(31)6-9-26(19)42-17-33-39-40-42/h3-10,13,15-17,24H,2,11-12,14H2,1H3,(H,34,44)(H,35,43)/b10-5+. The van der Waals surface area contributed by atoms with E-state index in [2.05, 4.69) is 46.2 Å². The summed E-state index contributed by atoms with van der Waals surface area (Å²) in [6.07, 6.45) is 5.04. The lowest BCUT2D eigenvalue weighted by Gasteiger charge is -2.17. The third-order valence-electron chi connectivity index (χ3n) is 7.04. The Morgan fingerprint density at radius 2 is 1.96 bits per heavy atom. The van der Waals surface area contributed by atoms with Gasteiger partial charge in [0.1, 0.15) is 6.33 Å². The van der Waals surface area contributed by atoms with Gasteiger partial charge in [0, 0.05) is 53.4 Å². The molecule has 0 spiro atoms. The third-order valence-corrected chi connectivity index (χ3v) is 7.55. The summed E-state index contributed by atoms with van der Waals surface area (Å²) in [5, 5.41) is 30.8. The van der Waals surface area contributed by atoms with Crippen molar-refractivity contribution in [2.75, 3.05) is 19.0 Å². The first-order valence-corrected chi connectivity index (χ1v) is 14.8. The summed E-state index contributed by atoms with van der Waals surface area (Å²) in [7, 11) is 1.29. The molecule has 0 radical (unpaired) electrons. The number of nitrogens with zero attached hydrogens (tertiary/aromatic N) is 8. The molecule has 0 bridgehead atoms. The van der Waals surface area contributed by atoms with Crippen LogP contribution < -0.4 is 15.4 Å². The number of amides is 2. The molecule has 5 aromatic rings. The van der Waals surface area contributed by atoms with Crippen LogP contribution in [0.1, 0.15) is 29.4 Å². The van der Waals surface area contributed by atoms with Crippen LogP contribution in [0.15, 0.2) is 67.0 Å². The summed E-state index contributed by atoms with van der Waals surface area (Å²) in [6.45, 7) is 1.36. The summed E-state index contributed by atoms with van der Waals surface area (Å²) < 4.78 is 13.7. The van der Waals surface area contributed by atoms with Crippen molar-refractivity contribution in [3.8, 4) is 22.7 Å². The number of aryl methyl sites for hydroxylation is 1. The SMILES string of the molecule is COC(=O)Nc1ccc(-c2cc(C(Cc3cc4n(n3)CCCO4)NC(=O)/C=C/c3cc(Cl)ccc3-n3cnnn3)nnc2Cl)cc1. The zero-order valence-electron chi connectivity index (χ0n) is 24.3. The highest BCUT2D eigenvalue weighted by Crippen LogP contribution is 2.30. The normalized spacial score (nSPS) is 13.1. The molecule has 0 saturated carbocycles. The van der Waals surface area contributed by atoms with Gasteiger partial charge in [-0.05, 0) is 58.5 Å². The van der Waals surface area contributed by atoms with Crippen molar-refractivity contribution in [1.29, 1.82) is 0 Å². The second kappa shape index (κ2) is 13.7. The van der Waals surface area contributed by atoms with Gasteiger partial charge in [-0.3, -0.25) is 10.1 Å². The minimum absolute atomic E-state index is 0.171. The number of aromatic nitrogens is 8. The minimum atomic E-state index is -0.642. The van der Waals surface area contributed by atoms with E-state index in [4.69, 9.17) is 27.9 Å². The molecule has 1 unspecified atom stereocenters. The van der Waals surface area contributed by atoms with Gasteiger partial charge in [-0.25, -0.2) is 9.48 Å². The Labute approximate surface area is 272 Å². The number of tetrazole rings is 1. The molecule has 3 aromatic heterocycles. The van der Waals surface area contributed by atoms with Crippen LogP contribution >= 0.6 is 23.2 Å². The molecule has 0 fully saturated rings. The van der Waals surface area contributed by atoms with E-state index in [1.54, 1.807) is 59.3 Å². The maximum absolute atomic E-state index is 13.4. The van der Waals surface area contributed by atoms with Gasteiger partial charge in [-0.1, -0.05) is 35.3 Å². The number of carbonyl (C=O) groups is 2. The summed E-state index contributed by atoms with van der Waals surface area (Å²) in [4.78, 5) is 25.0. The molecule has 1 aliphatic heterocycles. The van der Waals surface area contributed by atoms with Crippen LogP contribution in [-0.4, -0.2) is 65.9 Å². The summed E-state index contributed by atoms with van der Waals surface area (Å²) in [6, 6.07) is 15.1. The molecule has 14 nitrogen and oxygen atoms in total. The number of hydrogen-bond donors (Lipinski definition) is 2. The van der Waals surface area contributed by atoms with E-state index < -0.39 is 18.0 Å². The Morgan fingerprint density at radius 3 is 2.72 bits per heavy atom. The Kier molecular flexibility index (Phi) is 9.17. The number of fused-ring (bicyclic) bond motifs is 1. The fourth-order valence-electron chi connectivity index (χ4n) is 4.85. The van der Waals surface area contributed by atoms with Crippen molar-refractivity contribution in [3.05, 3.63) is 94.1 Å². The molecule has 4 heterocycles. The van der Waals surface area contributed by atoms with Crippen LogP contribution in [0.4, 0.5) is 10.5 Å². The van der Waals surface area contributed by atoms with Gasteiger partial charge in [0.25, 0.3) is 0 Å². The average molecular weight is 662 g/mol. The molecule has 2 aromatic carbocycles. The first-order chi connectivity index (χ1) is 22.4. The molecule has 234 valence electrons. The number of nitrogens with one attached hydrogen (secondary N) is 2. The van der Waals surface area contributed by atoms with Crippen LogP contribution in [0.3, 0.4) is 0 Å². The molecule has 1 aliphatic rings. The van der Waals surface area contributed by atoms with Gasteiger partial charge in [-0.2, -0.15) is 14.9 Å². The number of benzene rings is 2. The minimum Gasteiger partial charge on any atom is -0.478 e. The lowest BCUT2D eigenvalue weighted by Crippen LogP contribution is -2.29. The molecule has 46 heavy (non-hydrogen) atoms. The number of rotatable bonds is 9. The molecule has 0 aliphatic carbocycles. The Balaban J connectivity index is 1.29. The quantitative estimate of drug-likeness (QED) is 0.212. The topological polar surface area (TPSA) is 164 Å². The van der Waals surface area contributed by atoms with E-state index in [-0.39, 0.29) is 5.15 Å². The average Bonchev–Trinajstić information content (AvgIpc) is 3.74. The van der Waals surface area contributed by atoms with E-state index in [1.807, 2.05) is 6.07 Å². The van der Waals surface area contributed by atoms with E-state index in [1.165, 1.54) is 24.2 Å². The number of ether oxygens (including phenoxy) is 2. The summed E-state index contributed by atoms with van der Waals surface area (Å²) in [5.74, 6) is 0.273. The maximum atomic E-state index is 13.4. The highest BCUT2D eigenvalue weighted by molar-refractivity contribution is 6.32. The van der Waals surface area contributed by atoms with E-state index in [0.29, 0.717) is 57.8 Å². The van der Waals surface area contributed by atoms with Gasteiger partial charge in [0.05, 0.1) is 36.8 Å². The summed E-state index contributed by atoms with van der Waals surface area (Å²) >= 11 is 12.7. The molecule has 6 rings (SSSR count). The second-order valence-electron chi connectivity index (χ2n) is 10.1. The number of anilines is 1. The number of halogens is 2. The Bertz CT molecular complexity index is 1870. The van der Waals surface area contributed by atoms with Crippen LogP contribution in [0.2, 0.25) is 10.2 Å². The van der Waals surface area contributed by atoms with Crippen LogP contribution in [-0.2, 0) is 22.5 Å². The molecule has 0 saturated heterocycles. The lowest BCUT2D eigenvalue weighted by atomic mass is 10.0. The first-order valence-electron chi connectivity index (χ1n) is 14.1. The van der Waals surface area contributed by atoms with E-state index in [9.17, 15) is 9.59 Å². The molecule has 16 heteroatoms. The highest BCUT2D eigenvalue weighted by atomic mass is 35.5. The Hall–Kier alpha value is -5.34. The van der Waals surface area contributed by atoms with Gasteiger partial charge in [-0.15, -0.1) is 10.2 Å². The van der Waals surface area contributed by atoms with Crippen LogP contribution in [0, 0.1) is 0 Å². The summed E-state index contributed by atoms with van der Waals surface area (Å²) in [5.41, 5.74) is 4.29. The zero-order chi connectivity index (χ0) is 32.0. The van der Waals surface area contributed by atoms with Crippen molar-refractivity contribution < 1.29 is 19.1 Å². The van der Waals surface area contributed by atoms with Gasteiger partial charge in [0.15, 0.2) is 5.15 Å². The molecule has 1 atom stereocenters. The maximum Gasteiger partial charge on any atom is 0.411 e. The van der Waals surface area contributed by atoms with Crippen molar-refractivity contribution in [3.63, 3.8) is 0 Å². The van der Waals surface area contributed by atoms with Crippen LogP contribution in [0.5, 0.6) is 5.88 Å². The van der Waals surface area contributed by atoms with Crippen molar-refractivity contribution in [2.45, 2.75) is 25.4 Å². The zero-order valence-corrected chi connectivity index (χ0v) is 25.8. The smallest absolute Gasteiger partial charge is 0.411 e. The number of carbonyl (C=O) groups excluding carboxylic acids is 2. The van der Waals surface area contributed by atoms with Gasteiger partial charge in [0.2, 0.25) is 11.8 Å². The first kappa shape index (κ1) is 30.7. The Morgan fingerprint density at radius 1 is 1.11 bits per heavy atom. The molecular formula is C30H26Cl2N10O4. The highest BCUT2D eigenvalue weighted by Gasteiger charge is 2.22. The van der Waals surface area contributed by atoms with Gasteiger partial charge < -0.3 is 14.8 Å². The number of methoxy groups -OCH3 is 1. The van der Waals surface area contributed by atoms with Crippen molar-refractivity contribution in [1.82, 2.24) is 45.5 Å². The van der Waals surface area contributed by atoms with E-state index >= 15 is 0 Å². The fraction of sp³-hybridized carbons (Fsp3) is 0.200. The predicted octanol–water partition coefficient (Wildman–Crippen LogP) is 4.70. The van der Waals surface area contributed by atoms with Gasteiger partial charge >= 0.3 is 6.09 Å². The predicted molar refractivity (Wildman–Crippen MR) is 169 cm³/mol. The fourth-order valence-corrected chi connectivity index (χ4v) is 5.23. The van der Waals surface area contributed by atoms with Crippen LogP contribution in [0.25, 0.3) is 22.9 Å². The van der Waals surface area contributed by atoms with Crippen molar-refractivity contribution >= 4 is 47.0 Å².